The van der Waals surface area contributed by atoms with E-state index in [1.165, 1.54) is 17.5 Å². The lowest BCUT2D eigenvalue weighted by molar-refractivity contribution is 0.0596. The van der Waals surface area contributed by atoms with Crippen molar-refractivity contribution >= 4 is 0 Å². The van der Waals surface area contributed by atoms with Gasteiger partial charge in [0.15, 0.2) is 0 Å². The van der Waals surface area contributed by atoms with E-state index in [1.807, 2.05) is 7.05 Å². The first-order chi connectivity index (χ1) is 8.81. The first-order valence-electron chi connectivity index (χ1n) is 6.64. The summed E-state index contributed by atoms with van der Waals surface area (Å²) in [6, 6.07) is 9.03. The number of likely N-dealkylation sites (N-methyl/N-ethyl adjacent to an activating group) is 1. The Hall–Kier alpha value is -0.900. The standard InChI is InChI=1S/C15H25NO2/c1-4-5-13-6-8-14(9-7-13)15(16-2)12-18-11-10-17-3/h6-9,15-16H,4-5,10-12H2,1-3H3. The van der Waals surface area contributed by atoms with Crippen LogP contribution in [0.5, 0.6) is 0 Å². The number of nitrogens with one attached hydrogen (secondary N) is 1. The number of methoxy groups -OCH3 is 1. The van der Waals surface area contributed by atoms with Crippen LogP contribution in [0.3, 0.4) is 0 Å². The molecule has 1 aromatic rings. The highest BCUT2D eigenvalue weighted by Gasteiger charge is 2.08. The molecular formula is C15H25NO2. The van der Waals surface area contributed by atoms with Crippen molar-refractivity contribution in [3.8, 4) is 0 Å². The average Bonchev–Trinajstić information content (AvgIpc) is 2.41. The fourth-order valence-corrected chi connectivity index (χ4v) is 1.89. The molecule has 1 rings (SSSR count). The number of benzene rings is 1. The summed E-state index contributed by atoms with van der Waals surface area (Å²) in [5.74, 6) is 0. The molecule has 0 saturated heterocycles. The molecule has 1 aromatic carbocycles. The van der Waals surface area contributed by atoms with Gasteiger partial charge in [0, 0.05) is 7.11 Å². The highest BCUT2D eigenvalue weighted by molar-refractivity contribution is 5.25. The Bertz CT molecular complexity index is 311. The molecule has 1 atom stereocenters. The van der Waals surface area contributed by atoms with Crippen LogP contribution in [0.25, 0.3) is 0 Å². The Morgan fingerprint density at radius 1 is 1.17 bits per heavy atom. The van der Waals surface area contributed by atoms with E-state index in [1.54, 1.807) is 7.11 Å². The molecule has 1 N–H and O–H groups in total. The van der Waals surface area contributed by atoms with Gasteiger partial charge in [-0.05, 0) is 24.6 Å². The maximum Gasteiger partial charge on any atom is 0.0701 e. The molecular weight excluding hydrogens is 226 g/mol. The van der Waals surface area contributed by atoms with E-state index in [2.05, 4.69) is 36.5 Å². The molecule has 0 fully saturated rings. The lowest BCUT2D eigenvalue weighted by Crippen LogP contribution is -2.22. The van der Waals surface area contributed by atoms with Crippen molar-refractivity contribution in [2.45, 2.75) is 25.8 Å². The zero-order valence-electron chi connectivity index (χ0n) is 11.7. The zero-order chi connectivity index (χ0) is 13.2. The lowest BCUT2D eigenvalue weighted by atomic mass is 10.0. The van der Waals surface area contributed by atoms with Gasteiger partial charge >= 0.3 is 0 Å². The van der Waals surface area contributed by atoms with Gasteiger partial charge in [0.25, 0.3) is 0 Å². The van der Waals surface area contributed by atoms with E-state index < -0.39 is 0 Å². The van der Waals surface area contributed by atoms with Crippen LogP contribution < -0.4 is 5.32 Å². The number of ether oxygens (including phenoxy) is 2. The molecule has 102 valence electrons. The summed E-state index contributed by atoms with van der Waals surface area (Å²) >= 11 is 0. The second kappa shape index (κ2) is 9.09. The van der Waals surface area contributed by atoms with E-state index in [0.717, 1.165) is 6.42 Å². The quantitative estimate of drug-likeness (QED) is 0.684. The second-order valence-electron chi connectivity index (χ2n) is 4.40. The molecule has 0 bridgehead atoms. The van der Waals surface area contributed by atoms with Crippen molar-refractivity contribution in [3.05, 3.63) is 35.4 Å². The smallest absolute Gasteiger partial charge is 0.0701 e. The topological polar surface area (TPSA) is 30.5 Å². The summed E-state index contributed by atoms with van der Waals surface area (Å²) in [4.78, 5) is 0. The first kappa shape index (κ1) is 15.2. The number of rotatable bonds is 9. The van der Waals surface area contributed by atoms with Gasteiger partial charge in [-0.2, -0.15) is 0 Å². The predicted molar refractivity (Wildman–Crippen MR) is 74.9 cm³/mol. The van der Waals surface area contributed by atoms with Crippen LogP contribution in [0.4, 0.5) is 0 Å². The maximum atomic E-state index is 5.57. The van der Waals surface area contributed by atoms with Crippen molar-refractivity contribution in [1.29, 1.82) is 0 Å². The van der Waals surface area contributed by atoms with Crippen LogP contribution in [-0.2, 0) is 15.9 Å². The van der Waals surface area contributed by atoms with Gasteiger partial charge in [-0.3, -0.25) is 0 Å². The van der Waals surface area contributed by atoms with Crippen molar-refractivity contribution in [2.24, 2.45) is 0 Å². The summed E-state index contributed by atoms with van der Waals surface area (Å²) < 4.78 is 10.5. The summed E-state index contributed by atoms with van der Waals surface area (Å²) in [5.41, 5.74) is 2.67. The third-order valence-corrected chi connectivity index (χ3v) is 2.99. The lowest BCUT2D eigenvalue weighted by Gasteiger charge is -2.17. The molecule has 3 heteroatoms. The molecule has 0 aliphatic rings. The minimum absolute atomic E-state index is 0.248. The van der Waals surface area contributed by atoms with Crippen LogP contribution in [0.15, 0.2) is 24.3 Å². The Morgan fingerprint density at radius 3 is 2.44 bits per heavy atom. The van der Waals surface area contributed by atoms with Crippen molar-refractivity contribution in [3.63, 3.8) is 0 Å². The largest absolute Gasteiger partial charge is 0.382 e. The van der Waals surface area contributed by atoms with Crippen LogP contribution in [-0.4, -0.2) is 34.0 Å². The molecule has 0 amide bonds. The number of hydrogen-bond donors (Lipinski definition) is 1. The van der Waals surface area contributed by atoms with Gasteiger partial charge in [0.05, 0.1) is 25.9 Å². The molecule has 1 unspecified atom stereocenters. The van der Waals surface area contributed by atoms with E-state index >= 15 is 0 Å². The third-order valence-electron chi connectivity index (χ3n) is 2.99. The minimum atomic E-state index is 0.248. The van der Waals surface area contributed by atoms with E-state index in [9.17, 15) is 0 Å². The van der Waals surface area contributed by atoms with Crippen LogP contribution in [0, 0.1) is 0 Å². The first-order valence-corrected chi connectivity index (χ1v) is 6.64. The van der Waals surface area contributed by atoms with Gasteiger partial charge < -0.3 is 14.8 Å². The summed E-state index contributed by atoms with van der Waals surface area (Å²) in [5, 5.41) is 3.28. The van der Waals surface area contributed by atoms with E-state index in [0.29, 0.717) is 19.8 Å². The molecule has 3 nitrogen and oxygen atoms in total. The van der Waals surface area contributed by atoms with Crippen molar-refractivity contribution in [2.75, 3.05) is 34.0 Å². The monoisotopic (exact) mass is 251 g/mol. The molecule has 0 spiro atoms. The molecule has 0 aliphatic carbocycles. The minimum Gasteiger partial charge on any atom is -0.382 e. The molecule has 0 saturated carbocycles. The zero-order valence-corrected chi connectivity index (χ0v) is 11.7. The molecule has 0 aromatic heterocycles. The fourth-order valence-electron chi connectivity index (χ4n) is 1.89. The second-order valence-corrected chi connectivity index (χ2v) is 4.40. The Balaban J connectivity index is 2.48. The normalized spacial score (nSPS) is 12.6. The van der Waals surface area contributed by atoms with Crippen LogP contribution >= 0.6 is 0 Å². The average molecular weight is 251 g/mol. The Morgan fingerprint density at radius 2 is 1.89 bits per heavy atom. The molecule has 0 aliphatic heterocycles. The highest BCUT2D eigenvalue weighted by Crippen LogP contribution is 2.15. The predicted octanol–water partition coefficient (Wildman–Crippen LogP) is 2.56. The fraction of sp³-hybridized carbons (Fsp3) is 0.600. The maximum absolute atomic E-state index is 5.57. The number of hydrogen-bond acceptors (Lipinski definition) is 3. The van der Waals surface area contributed by atoms with Gasteiger partial charge in [-0.25, -0.2) is 0 Å². The summed E-state index contributed by atoms with van der Waals surface area (Å²) in [6.45, 7) is 4.16. The molecule has 0 radical (unpaired) electrons. The van der Waals surface area contributed by atoms with Gasteiger partial charge in [-0.15, -0.1) is 0 Å². The van der Waals surface area contributed by atoms with E-state index in [-0.39, 0.29) is 6.04 Å². The van der Waals surface area contributed by atoms with Crippen LogP contribution in [0.1, 0.15) is 30.5 Å². The van der Waals surface area contributed by atoms with Crippen molar-refractivity contribution < 1.29 is 9.47 Å². The van der Waals surface area contributed by atoms with Gasteiger partial charge in [-0.1, -0.05) is 37.6 Å². The molecule has 18 heavy (non-hydrogen) atoms. The molecule has 0 heterocycles. The van der Waals surface area contributed by atoms with Crippen molar-refractivity contribution in [1.82, 2.24) is 5.32 Å². The summed E-state index contributed by atoms with van der Waals surface area (Å²) in [7, 11) is 3.65. The van der Waals surface area contributed by atoms with Gasteiger partial charge in [0.1, 0.15) is 0 Å². The Labute approximate surface area is 110 Å². The SMILES string of the molecule is CCCc1ccc(C(COCCOC)NC)cc1. The van der Waals surface area contributed by atoms with Gasteiger partial charge in [0.2, 0.25) is 0 Å². The third kappa shape index (κ3) is 5.17. The van der Waals surface area contributed by atoms with E-state index in [4.69, 9.17) is 9.47 Å². The number of aryl methyl sites for hydroxylation is 1. The summed E-state index contributed by atoms with van der Waals surface area (Å²) in [6.07, 6.45) is 2.34. The van der Waals surface area contributed by atoms with Crippen LogP contribution in [0.2, 0.25) is 0 Å². The Kier molecular flexibility index (Phi) is 7.65. The highest BCUT2D eigenvalue weighted by atomic mass is 16.5.